The minimum atomic E-state index is -0.253. The molecule has 4 heteroatoms. The normalized spacial score (nSPS) is 23.2. The van der Waals surface area contributed by atoms with Gasteiger partial charge in [-0.3, -0.25) is 4.90 Å². The van der Waals surface area contributed by atoms with Gasteiger partial charge in [0, 0.05) is 6.04 Å². The summed E-state index contributed by atoms with van der Waals surface area (Å²) in [4.78, 5) is 7.01. The fourth-order valence-corrected chi connectivity index (χ4v) is 3.23. The second-order valence-corrected chi connectivity index (χ2v) is 5.81. The minimum absolute atomic E-state index is 0.161. The zero-order valence-electron chi connectivity index (χ0n) is 12.1. The van der Waals surface area contributed by atoms with Crippen molar-refractivity contribution in [2.75, 3.05) is 6.54 Å². The van der Waals surface area contributed by atoms with E-state index in [4.69, 9.17) is 4.42 Å². The van der Waals surface area contributed by atoms with Crippen molar-refractivity contribution >= 4 is 11.1 Å². The lowest BCUT2D eigenvalue weighted by Gasteiger charge is -2.29. The molecule has 1 aromatic carbocycles. The highest BCUT2D eigenvalue weighted by molar-refractivity contribution is 5.72. The number of aliphatic hydroxyl groups excluding tert-OH is 1. The van der Waals surface area contributed by atoms with Crippen LogP contribution in [0.2, 0.25) is 0 Å². The van der Waals surface area contributed by atoms with Gasteiger partial charge in [-0.1, -0.05) is 12.1 Å². The van der Waals surface area contributed by atoms with Crippen LogP contribution in [0.3, 0.4) is 0 Å². The van der Waals surface area contributed by atoms with Crippen LogP contribution < -0.4 is 0 Å². The van der Waals surface area contributed by atoms with Crippen LogP contribution in [0.5, 0.6) is 0 Å². The molecule has 0 saturated carbocycles. The van der Waals surface area contributed by atoms with Crippen LogP contribution in [0.25, 0.3) is 11.1 Å². The van der Waals surface area contributed by atoms with Crippen LogP contribution in [0.15, 0.2) is 28.7 Å². The molecule has 0 bridgehead atoms. The minimum Gasteiger partial charge on any atom is -0.439 e. The molecule has 1 N–H and O–H groups in total. The maximum Gasteiger partial charge on any atom is 0.212 e. The average molecular weight is 274 g/mol. The Kier molecular flexibility index (Phi) is 3.76. The first kappa shape index (κ1) is 13.6. The SMILES string of the molecule is CC(O)CC1CCCN1C(C)c1nc2ccccc2o1. The Morgan fingerprint density at radius 3 is 2.95 bits per heavy atom. The van der Waals surface area contributed by atoms with Gasteiger partial charge < -0.3 is 9.52 Å². The van der Waals surface area contributed by atoms with E-state index < -0.39 is 0 Å². The van der Waals surface area contributed by atoms with Crippen molar-refractivity contribution < 1.29 is 9.52 Å². The quantitative estimate of drug-likeness (QED) is 0.930. The lowest BCUT2D eigenvalue weighted by atomic mass is 10.1. The monoisotopic (exact) mass is 274 g/mol. The average Bonchev–Trinajstić information content (AvgIpc) is 3.03. The summed E-state index contributed by atoms with van der Waals surface area (Å²) in [6, 6.07) is 8.47. The maximum absolute atomic E-state index is 9.63. The molecule has 1 saturated heterocycles. The number of likely N-dealkylation sites (tertiary alicyclic amines) is 1. The van der Waals surface area contributed by atoms with Gasteiger partial charge in [-0.25, -0.2) is 4.98 Å². The smallest absolute Gasteiger partial charge is 0.212 e. The number of aromatic nitrogens is 1. The van der Waals surface area contributed by atoms with Gasteiger partial charge in [0.25, 0.3) is 0 Å². The van der Waals surface area contributed by atoms with Gasteiger partial charge in [0.1, 0.15) is 5.52 Å². The molecule has 3 unspecified atom stereocenters. The number of rotatable bonds is 4. The third-order valence-corrected chi connectivity index (χ3v) is 4.20. The molecule has 4 nitrogen and oxygen atoms in total. The number of fused-ring (bicyclic) bond motifs is 1. The summed E-state index contributed by atoms with van der Waals surface area (Å²) in [5.41, 5.74) is 1.77. The molecule has 0 radical (unpaired) electrons. The van der Waals surface area contributed by atoms with Gasteiger partial charge in [0.15, 0.2) is 5.58 Å². The third-order valence-electron chi connectivity index (χ3n) is 4.20. The molecule has 1 fully saturated rings. The van der Waals surface area contributed by atoms with E-state index in [1.807, 2.05) is 31.2 Å². The fraction of sp³-hybridized carbons (Fsp3) is 0.562. The van der Waals surface area contributed by atoms with Crippen LogP contribution in [-0.2, 0) is 0 Å². The molecule has 1 aliphatic rings. The fourth-order valence-electron chi connectivity index (χ4n) is 3.23. The highest BCUT2D eigenvalue weighted by Crippen LogP contribution is 2.32. The number of hydrogen-bond donors (Lipinski definition) is 1. The van der Waals surface area contributed by atoms with Gasteiger partial charge in [0.2, 0.25) is 5.89 Å². The molecular weight excluding hydrogens is 252 g/mol. The lowest BCUT2D eigenvalue weighted by molar-refractivity contribution is 0.106. The molecule has 2 aromatic rings. The summed E-state index contributed by atoms with van der Waals surface area (Å²) < 4.78 is 5.88. The molecule has 2 heterocycles. The first-order chi connectivity index (χ1) is 9.65. The number of benzene rings is 1. The summed E-state index contributed by atoms with van der Waals surface area (Å²) in [5, 5.41) is 9.63. The zero-order chi connectivity index (χ0) is 14.1. The predicted octanol–water partition coefficient (Wildman–Crippen LogP) is 3.12. The molecule has 0 spiro atoms. The van der Waals surface area contributed by atoms with Gasteiger partial charge in [-0.15, -0.1) is 0 Å². The lowest BCUT2D eigenvalue weighted by Crippen LogP contribution is -2.34. The number of aliphatic hydroxyl groups is 1. The predicted molar refractivity (Wildman–Crippen MR) is 78.4 cm³/mol. The second-order valence-electron chi connectivity index (χ2n) is 5.81. The van der Waals surface area contributed by atoms with Gasteiger partial charge >= 0.3 is 0 Å². The van der Waals surface area contributed by atoms with Crippen LogP contribution in [-0.4, -0.2) is 33.7 Å². The van der Waals surface area contributed by atoms with E-state index >= 15 is 0 Å². The maximum atomic E-state index is 9.63. The third kappa shape index (κ3) is 2.58. The highest BCUT2D eigenvalue weighted by atomic mass is 16.3. The molecule has 108 valence electrons. The molecule has 1 aromatic heterocycles. The van der Waals surface area contributed by atoms with Crippen molar-refractivity contribution in [2.45, 2.75) is 51.3 Å². The molecule has 1 aliphatic heterocycles. The Hall–Kier alpha value is -1.39. The van der Waals surface area contributed by atoms with Crippen molar-refractivity contribution in [3.63, 3.8) is 0 Å². The van der Waals surface area contributed by atoms with Crippen molar-refractivity contribution in [3.05, 3.63) is 30.2 Å². The molecule has 0 amide bonds. The van der Waals surface area contributed by atoms with Gasteiger partial charge in [-0.05, 0) is 51.8 Å². The van der Waals surface area contributed by atoms with Crippen LogP contribution in [0, 0.1) is 0 Å². The Labute approximate surface area is 119 Å². The van der Waals surface area contributed by atoms with E-state index in [-0.39, 0.29) is 12.1 Å². The topological polar surface area (TPSA) is 49.5 Å². The molecule has 0 aliphatic carbocycles. The standard InChI is InChI=1S/C16H22N2O2/c1-11(19)10-13-6-5-9-18(13)12(2)16-17-14-7-3-4-8-15(14)20-16/h3-4,7-8,11-13,19H,5-6,9-10H2,1-2H3. The summed E-state index contributed by atoms with van der Waals surface area (Å²) in [5.74, 6) is 0.781. The van der Waals surface area contributed by atoms with Crippen molar-refractivity contribution in [1.29, 1.82) is 0 Å². The van der Waals surface area contributed by atoms with E-state index in [1.54, 1.807) is 0 Å². The van der Waals surface area contributed by atoms with E-state index in [0.29, 0.717) is 6.04 Å². The molecule has 3 rings (SSSR count). The van der Waals surface area contributed by atoms with Crippen molar-refractivity contribution in [1.82, 2.24) is 9.88 Å². The molecular formula is C16H22N2O2. The summed E-state index contributed by atoms with van der Waals surface area (Å²) in [6.07, 6.45) is 2.90. The van der Waals surface area contributed by atoms with E-state index in [2.05, 4.69) is 16.8 Å². The van der Waals surface area contributed by atoms with E-state index in [1.165, 1.54) is 6.42 Å². The van der Waals surface area contributed by atoms with Crippen LogP contribution in [0.1, 0.15) is 45.0 Å². The highest BCUT2D eigenvalue weighted by Gasteiger charge is 2.32. The van der Waals surface area contributed by atoms with E-state index in [0.717, 1.165) is 36.4 Å². The molecule has 3 atom stereocenters. The first-order valence-electron chi connectivity index (χ1n) is 7.44. The summed E-state index contributed by atoms with van der Waals surface area (Å²) in [7, 11) is 0. The Morgan fingerprint density at radius 2 is 2.20 bits per heavy atom. The van der Waals surface area contributed by atoms with Gasteiger partial charge in [-0.2, -0.15) is 0 Å². The molecule has 20 heavy (non-hydrogen) atoms. The number of hydrogen-bond acceptors (Lipinski definition) is 4. The largest absolute Gasteiger partial charge is 0.439 e. The zero-order valence-corrected chi connectivity index (χ0v) is 12.1. The second kappa shape index (κ2) is 5.54. The number of oxazole rings is 1. The first-order valence-corrected chi connectivity index (χ1v) is 7.44. The number of nitrogens with zero attached hydrogens (tertiary/aromatic N) is 2. The van der Waals surface area contributed by atoms with Crippen molar-refractivity contribution in [3.8, 4) is 0 Å². The Morgan fingerprint density at radius 1 is 1.40 bits per heavy atom. The Bertz CT molecular complexity index is 546. The van der Waals surface area contributed by atoms with E-state index in [9.17, 15) is 5.11 Å². The van der Waals surface area contributed by atoms with Crippen LogP contribution >= 0.6 is 0 Å². The van der Waals surface area contributed by atoms with Gasteiger partial charge in [0.05, 0.1) is 12.1 Å². The number of para-hydroxylation sites is 2. The Balaban J connectivity index is 1.82. The van der Waals surface area contributed by atoms with Crippen LogP contribution in [0.4, 0.5) is 0 Å². The summed E-state index contributed by atoms with van der Waals surface area (Å²) >= 11 is 0. The van der Waals surface area contributed by atoms with Crippen molar-refractivity contribution in [2.24, 2.45) is 0 Å². The summed E-state index contributed by atoms with van der Waals surface area (Å²) in [6.45, 7) is 5.06.